The highest BCUT2D eigenvalue weighted by atomic mass is 79.9. The van der Waals surface area contributed by atoms with Gasteiger partial charge in [-0.3, -0.25) is 0 Å². The summed E-state index contributed by atoms with van der Waals surface area (Å²) >= 11 is 9.18. The van der Waals surface area contributed by atoms with Gasteiger partial charge in [0.1, 0.15) is 5.82 Å². The Morgan fingerprint density at radius 1 is 1.31 bits per heavy atom. The van der Waals surface area contributed by atoms with Crippen molar-refractivity contribution in [3.8, 4) is 11.3 Å². The molecule has 0 bridgehead atoms. The van der Waals surface area contributed by atoms with Gasteiger partial charge < -0.3 is 0 Å². The Morgan fingerprint density at radius 3 is 2.88 bits per heavy atom. The molecule has 4 heteroatoms. The van der Waals surface area contributed by atoms with E-state index in [-0.39, 0.29) is 0 Å². The molecular formula is C12H10BrClN2. The number of rotatable bonds is 2. The van der Waals surface area contributed by atoms with Gasteiger partial charge in [-0.1, -0.05) is 22.0 Å². The van der Waals surface area contributed by atoms with Crippen molar-refractivity contribution in [2.45, 2.75) is 12.8 Å². The lowest BCUT2D eigenvalue weighted by atomic mass is 10.1. The SMILES string of the molecule is Cc1ccc(Br)cc1-c1ccnc(CCl)n1. The van der Waals surface area contributed by atoms with Gasteiger partial charge in [0.2, 0.25) is 0 Å². The Hall–Kier alpha value is -0.930. The van der Waals surface area contributed by atoms with Gasteiger partial charge in [-0.05, 0) is 30.7 Å². The van der Waals surface area contributed by atoms with Crippen molar-refractivity contribution in [3.05, 3.63) is 46.3 Å². The Morgan fingerprint density at radius 2 is 2.12 bits per heavy atom. The molecule has 0 N–H and O–H groups in total. The average molecular weight is 298 g/mol. The lowest BCUT2D eigenvalue weighted by Crippen LogP contribution is -1.94. The van der Waals surface area contributed by atoms with E-state index in [0.717, 1.165) is 15.7 Å². The van der Waals surface area contributed by atoms with Gasteiger partial charge in [0, 0.05) is 16.2 Å². The molecule has 2 rings (SSSR count). The van der Waals surface area contributed by atoms with Crippen LogP contribution in [0.25, 0.3) is 11.3 Å². The van der Waals surface area contributed by atoms with Gasteiger partial charge in [0.25, 0.3) is 0 Å². The highest BCUT2D eigenvalue weighted by Gasteiger charge is 2.05. The fourth-order valence-electron chi connectivity index (χ4n) is 1.48. The van der Waals surface area contributed by atoms with Crippen LogP contribution in [0.5, 0.6) is 0 Å². The molecule has 2 aromatic rings. The van der Waals surface area contributed by atoms with Gasteiger partial charge in [0.15, 0.2) is 0 Å². The van der Waals surface area contributed by atoms with Gasteiger partial charge in [-0.2, -0.15) is 0 Å². The van der Waals surface area contributed by atoms with Crippen LogP contribution in [0.4, 0.5) is 0 Å². The smallest absolute Gasteiger partial charge is 0.143 e. The molecular weight excluding hydrogens is 288 g/mol. The lowest BCUT2D eigenvalue weighted by Gasteiger charge is -2.06. The minimum Gasteiger partial charge on any atom is -0.240 e. The highest BCUT2D eigenvalue weighted by Crippen LogP contribution is 2.25. The summed E-state index contributed by atoms with van der Waals surface area (Å²) < 4.78 is 1.04. The van der Waals surface area contributed by atoms with E-state index >= 15 is 0 Å². The van der Waals surface area contributed by atoms with E-state index in [0.29, 0.717) is 11.7 Å². The Bertz CT molecular complexity index is 514. The second-order valence-electron chi connectivity index (χ2n) is 3.45. The third-order valence-electron chi connectivity index (χ3n) is 2.30. The maximum absolute atomic E-state index is 5.72. The van der Waals surface area contributed by atoms with E-state index in [4.69, 9.17) is 11.6 Å². The molecule has 0 radical (unpaired) electrons. The van der Waals surface area contributed by atoms with E-state index in [1.165, 1.54) is 5.56 Å². The highest BCUT2D eigenvalue weighted by molar-refractivity contribution is 9.10. The summed E-state index contributed by atoms with van der Waals surface area (Å²) in [5, 5.41) is 0. The van der Waals surface area contributed by atoms with Gasteiger partial charge in [0.05, 0.1) is 11.6 Å². The number of halogens is 2. The number of hydrogen-bond donors (Lipinski definition) is 0. The molecule has 0 saturated carbocycles. The van der Waals surface area contributed by atoms with Crippen LogP contribution in [0.2, 0.25) is 0 Å². The van der Waals surface area contributed by atoms with Crippen molar-refractivity contribution < 1.29 is 0 Å². The van der Waals surface area contributed by atoms with Crippen molar-refractivity contribution in [2.75, 3.05) is 0 Å². The third-order valence-corrected chi connectivity index (χ3v) is 3.03. The predicted octanol–water partition coefficient (Wildman–Crippen LogP) is 3.95. The standard InChI is InChI=1S/C12H10BrClN2/c1-8-2-3-9(13)6-10(8)11-4-5-15-12(7-14)16-11/h2-6H,7H2,1H3. The van der Waals surface area contributed by atoms with Crippen LogP contribution in [0.3, 0.4) is 0 Å². The maximum Gasteiger partial charge on any atom is 0.143 e. The molecule has 0 aliphatic heterocycles. The summed E-state index contributed by atoms with van der Waals surface area (Å²) in [6.07, 6.45) is 1.74. The first-order valence-corrected chi connectivity index (χ1v) is 6.18. The van der Waals surface area contributed by atoms with Crippen LogP contribution in [0, 0.1) is 6.92 Å². The molecule has 1 aromatic heterocycles. The number of hydrogen-bond acceptors (Lipinski definition) is 2. The number of alkyl halides is 1. The predicted molar refractivity (Wildman–Crippen MR) is 69.5 cm³/mol. The Kier molecular flexibility index (Phi) is 3.56. The molecule has 0 aliphatic carbocycles. The summed E-state index contributed by atoms with van der Waals surface area (Å²) in [5.74, 6) is 0.986. The van der Waals surface area contributed by atoms with Crippen LogP contribution in [0.15, 0.2) is 34.9 Å². The molecule has 16 heavy (non-hydrogen) atoms. The summed E-state index contributed by atoms with van der Waals surface area (Å²) in [7, 11) is 0. The number of nitrogens with zero attached hydrogens (tertiary/aromatic N) is 2. The van der Waals surface area contributed by atoms with Crippen LogP contribution in [-0.2, 0) is 5.88 Å². The molecule has 0 spiro atoms. The molecule has 82 valence electrons. The molecule has 0 unspecified atom stereocenters. The monoisotopic (exact) mass is 296 g/mol. The van der Waals surface area contributed by atoms with Gasteiger partial charge in [-0.15, -0.1) is 11.6 Å². The van der Waals surface area contributed by atoms with Crippen molar-refractivity contribution in [3.63, 3.8) is 0 Å². The van der Waals surface area contributed by atoms with Crippen LogP contribution in [-0.4, -0.2) is 9.97 Å². The van der Waals surface area contributed by atoms with Gasteiger partial charge in [-0.25, -0.2) is 9.97 Å². The van der Waals surface area contributed by atoms with Crippen molar-refractivity contribution in [1.82, 2.24) is 9.97 Å². The van der Waals surface area contributed by atoms with Gasteiger partial charge >= 0.3 is 0 Å². The quantitative estimate of drug-likeness (QED) is 0.784. The second-order valence-corrected chi connectivity index (χ2v) is 4.63. The van der Waals surface area contributed by atoms with Crippen LogP contribution in [0.1, 0.15) is 11.4 Å². The van der Waals surface area contributed by atoms with E-state index < -0.39 is 0 Å². The molecule has 1 heterocycles. The zero-order chi connectivity index (χ0) is 11.5. The van der Waals surface area contributed by atoms with Crippen molar-refractivity contribution >= 4 is 27.5 Å². The molecule has 1 aromatic carbocycles. The van der Waals surface area contributed by atoms with Crippen LogP contribution >= 0.6 is 27.5 Å². The normalized spacial score (nSPS) is 10.4. The molecule has 2 nitrogen and oxygen atoms in total. The van der Waals surface area contributed by atoms with E-state index in [2.05, 4.69) is 45.0 Å². The molecule has 0 atom stereocenters. The molecule has 0 fully saturated rings. The summed E-state index contributed by atoms with van der Waals surface area (Å²) in [5.41, 5.74) is 3.19. The zero-order valence-electron chi connectivity index (χ0n) is 8.74. The molecule has 0 aliphatic rings. The largest absolute Gasteiger partial charge is 0.240 e. The average Bonchev–Trinajstić information content (AvgIpc) is 2.32. The van der Waals surface area contributed by atoms with E-state index in [9.17, 15) is 0 Å². The van der Waals surface area contributed by atoms with E-state index in [1.54, 1.807) is 6.20 Å². The number of benzene rings is 1. The summed E-state index contributed by atoms with van der Waals surface area (Å²) in [4.78, 5) is 8.48. The first-order valence-electron chi connectivity index (χ1n) is 4.85. The molecule has 0 saturated heterocycles. The maximum atomic E-state index is 5.72. The lowest BCUT2D eigenvalue weighted by molar-refractivity contribution is 1.03. The van der Waals surface area contributed by atoms with E-state index in [1.807, 2.05) is 12.1 Å². The van der Waals surface area contributed by atoms with Crippen molar-refractivity contribution in [1.29, 1.82) is 0 Å². The Labute approximate surface area is 108 Å². The number of aryl methyl sites for hydroxylation is 1. The fraction of sp³-hybridized carbons (Fsp3) is 0.167. The Balaban J connectivity index is 2.53. The van der Waals surface area contributed by atoms with Crippen molar-refractivity contribution in [2.24, 2.45) is 0 Å². The number of aromatic nitrogens is 2. The summed E-state index contributed by atoms with van der Waals surface area (Å²) in [6, 6.07) is 8.02. The topological polar surface area (TPSA) is 25.8 Å². The first kappa shape index (κ1) is 11.6. The fourth-order valence-corrected chi connectivity index (χ4v) is 1.97. The summed E-state index contributed by atoms with van der Waals surface area (Å²) in [6.45, 7) is 2.06. The third kappa shape index (κ3) is 2.42. The second kappa shape index (κ2) is 4.93. The minimum absolute atomic E-state index is 0.334. The van der Waals surface area contributed by atoms with Crippen LogP contribution < -0.4 is 0 Å². The minimum atomic E-state index is 0.334. The molecule has 0 amide bonds. The first-order chi connectivity index (χ1) is 7.70. The zero-order valence-corrected chi connectivity index (χ0v) is 11.1.